The molecule has 24 heavy (non-hydrogen) atoms. The van der Waals surface area contributed by atoms with Gasteiger partial charge in [0.15, 0.2) is 0 Å². The highest BCUT2D eigenvalue weighted by atomic mass is 32.2. The van der Waals surface area contributed by atoms with E-state index in [1.54, 1.807) is 31.2 Å². The summed E-state index contributed by atoms with van der Waals surface area (Å²) in [6, 6.07) is 12.6. The van der Waals surface area contributed by atoms with Crippen LogP contribution in [0.4, 0.5) is 5.69 Å². The number of aromatic nitrogens is 2. The van der Waals surface area contributed by atoms with Gasteiger partial charge in [-0.2, -0.15) is 5.26 Å². The van der Waals surface area contributed by atoms with Crippen molar-refractivity contribution in [3.63, 3.8) is 0 Å². The standard InChI is InChI=1S/C16H12N4O2S2/c1-10(14(21)18-12-5-2-4-11(8-12)9-17)24-16-20-19-15(22-16)13-6-3-7-23-13/h2-8,10H,1H3,(H,18,21)/t10-/m1/s1. The quantitative estimate of drug-likeness (QED) is 0.699. The van der Waals surface area contributed by atoms with Gasteiger partial charge in [0.25, 0.3) is 11.1 Å². The molecule has 0 saturated carbocycles. The summed E-state index contributed by atoms with van der Waals surface area (Å²) in [4.78, 5) is 13.1. The molecule has 3 rings (SSSR count). The molecule has 120 valence electrons. The maximum Gasteiger partial charge on any atom is 0.277 e. The number of hydrogen-bond acceptors (Lipinski definition) is 7. The van der Waals surface area contributed by atoms with Gasteiger partial charge in [-0.15, -0.1) is 21.5 Å². The van der Waals surface area contributed by atoms with Crippen LogP contribution in [0.2, 0.25) is 0 Å². The minimum absolute atomic E-state index is 0.203. The predicted octanol–water partition coefficient (Wildman–Crippen LogP) is 3.79. The number of nitrogens with zero attached hydrogens (tertiary/aromatic N) is 3. The maximum absolute atomic E-state index is 12.2. The molecule has 6 nitrogen and oxygen atoms in total. The smallest absolute Gasteiger partial charge is 0.277 e. The van der Waals surface area contributed by atoms with Gasteiger partial charge in [-0.3, -0.25) is 4.79 Å². The second kappa shape index (κ2) is 7.29. The molecule has 1 aromatic carbocycles. The summed E-state index contributed by atoms with van der Waals surface area (Å²) in [5.74, 6) is 0.243. The fraction of sp³-hybridized carbons (Fsp3) is 0.125. The lowest BCUT2D eigenvalue weighted by Gasteiger charge is -2.09. The van der Waals surface area contributed by atoms with Crippen molar-refractivity contribution in [2.75, 3.05) is 5.32 Å². The molecule has 1 N–H and O–H groups in total. The molecule has 0 aliphatic heterocycles. The van der Waals surface area contributed by atoms with Crippen molar-refractivity contribution in [3.8, 4) is 16.8 Å². The summed E-state index contributed by atoms with van der Waals surface area (Å²) in [5.41, 5.74) is 1.07. The third kappa shape index (κ3) is 3.82. The Labute approximate surface area is 146 Å². The van der Waals surface area contributed by atoms with Crippen LogP contribution >= 0.6 is 23.1 Å². The molecule has 0 aliphatic carbocycles. The number of carbonyl (C=O) groups excluding carboxylic acids is 1. The Morgan fingerprint density at radius 1 is 1.38 bits per heavy atom. The third-order valence-electron chi connectivity index (χ3n) is 3.04. The van der Waals surface area contributed by atoms with Gasteiger partial charge in [-0.05, 0) is 36.6 Å². The van der Waals surface area contributed by atoms with E-state index in [-0.39, 0.29) is 5.91 Å². The highest BCUT2D eigenvalue weighted by molar-refractivity contribution is 8.00. The highest BCUT2D eigenvalue weighted by Gasteiger charge is 2.19. The van der Waals surface area contributed by atoms with E-state index in [1.165, 1.54) is 23.1 Å². The molecule has 3 aromatic rings. The van der Waals surface area contributed by atoms with Crippen molar-refractivity contribution in [2.24, 2.45) is 0 Å². The first-order valence-corrected chi connectivity index (χ1v) is 8.76. The van der Waals surface area contributed by atoms with Crippen molar-refractivity contribution in [2.45, 2.75) is 17.4 Å². The lowest BCUT2D eigenvalue weighted by molar-refractivity contribution is -0.115. The number of amides is 1. The fourth-order valence-electron chi connectivity index (χ4n) is 1.87. The topological polar surface area (TPSA) is 91.8 Å². The largest absolute Gasteiger partial charge is 0.410 e. The molecule has 2 aromatic heterocycles. The Hall–Kier alpha value is -2.63. The Bertz CT molecular complexity index is 884. The van der Waals surface area contributed by atoms with Crippen LogP contribution in [0.15, 0.2) is 51.4 Å². The zero-order valence-corrected chi connectivity index (χ0v) is 14.2. The van der Waals surface area contributed by atoms with E-state index in [2.05, 4.69) is 15.5 Å². The second-order valence-corrected chi connectivity index (χ2v) is 7.03. The summed E-state index contributed by atoms with van der Waals surface area (Å²) >= 11 is 2.69. The van der Waals surface area contributed by atoms with Crippen LogP contribution < -0.4 is 5.32 Å². The summed E-state index contributed by atoms with van der Waals surface area (Å²) in [6.45, 7) is 1.75. The predicted molar refractivity (Wildman–Crippen MR) is 92.7 cm³/mol. The van der Waals surface area contributed by atoms with Crippen LogP contribution in [0.3, 0.4) is 0 Å². The van der Waals surface area contributed by atoms with Crippen molar-refractivity contribution in [3.05, 3.63) is 47.3 Å². The van der Waals surface area contributed by atoms with Gasteiger partial charge < -0.3 is 9.73 Å². The molecule has 0 radical (unpaired) electrons. The molecule has 8 heteroatoms. The Kier molecular flexibility index (Phi) is 4.93. The molecule has 1 amide bonds. The van der Waals surface area contributed by atoms with Crippen LogP contribution in [0, 0.1) is 11.3 Å². The van der Waals surface area contributed by atoms with Crippen molar-refractivity contribution >= 4 is 34.7 Å². The normalized spacial score (nSPS) is 11.7. The molecule has 2 heterocycles. The van der Waals surface area contributed by atoms with Crippen LogP contribution in [0.5, 0.6) is 0 Å². The summed E-state index contributed by atoms with van der Waals surface area (Å²) in [5, 5.41) is 21.4. The molecular formula is C16H12N4O2S2. The molecule has 0 fully saturated rings. The average molecular weight is 356 g/mol. The third-order valence-corrected chi connectivity index (χ3v) is 4.84. The first kappa shape index (κ1) is 16.2. The Balaban J connectivity index is 1.63. The van der Waals surface area contributed by atoms with Crippen molar-refractivity contribution < 1.29 is 9.21 Å². The van der Waals surface area contributed by atoms with E-state index in [1.807, 2.05) is 23.6 Å². The van der Waals surface area contributed by atoms with Gasteiger partial charge in [-0.25, -0.2) is 0 Å². The number of nitrogens with one attached hydrogen (secondary N) is 1. The van der Waals surface area contributed by atoms with Gasteiger partial charge in [0.05, 0.1) is 21.8 Å². The molecule has 0 aliphatic rings. The average Bonchev–Trinajstić information content (AvgIpc) is 3.26. The van der Waals surface area contributed by atoms with E-state index >= 15 is 0 Å². The minimum atomic E-state index is -0.424. The summed E-state index contributed by atoms with van der Waals surface area (Å²) in [6.07, 6.45) is 0. The van der Waals surface area contributed by atoms with E-state index in [0.717, 1.165) is 4.88 Å². The molecule has 0 unspecified atom stereocenters. The van der Waals surface area contributed by atoms with Gasteiger partial charge in [-0.1, -0.05) is 23.9 Å². The van der Waals surface area contributed by atoms with Crippen molar-refractivity contribution in [1.82, 2.24) is 10.2 Å². The Morgan fingerprint density at radius 3 is 3.00 bits per heavy atom. The number of nitriles is 1. The van der Waals surface area contributed by atoms with E-state index in [4.69, 9.17) is 9.68 Å². The minimum Gasteiger partial charge on any atom is -0.410 e. The van der Waals surface area contributed by atoms with Crippen molar-refractivity contribution in [1.29, 1.82) is 5.26 Å². The van der Waals surface area contributed by atoms with E-state index in [9.17, 15) is 4.79 Å². The monoisotopic (exact) mass is 356 g/mol. The zero-order chi connectivity index (χ0) is 16.9. The second-order valence-electron chi connectivity index (χ2n) is 4.79. The highest BCUT2D eigenvalue weighted by Crippen LogP contribution is 2.28. The van der Waals surface area contributed by atoms with Crippen LogP contribution in [-0.2, 0) is 4.79 Å². The SMILES string of the molecule is C[C@@H](Sc1nnc(-c2cccs2)o1)C(=O)Nc1cccc(C#N)c1. The van der Waals surface area contributed by atoms with Gasteiger partial charge >= 0.3 is 0 Å². The fourth-order valence-corrected chi connectivity index (χ4v) is 3.20. The number of thiophene rings is 1. The van der Waals surface area contributed by atoms with Crippen LogP contribution in [0.1, 0.15) is 12.5 Å². The van der Waals surface area contributed by atoms with E-state index < -0.39 is 5.25 Å². The molecule has 0 saturated heterocycles. The van der Waals surface area contributed by atoms with Crippen LogP contribution in [-0.4, -0.2) is 21.4 Å². The Morgan fingerprint density at radius 2 is 2.25 bits per heavy atom. The number of benzene rings is 1. The summed E-state index contributed by atoms with van der Waals surface area (Å²) in [7, 11) is 0. The summed E-state index contributed by atoms with van der Waals surface area (Å²) < 4.78 is 5.56. The lowest BCUT2D eigenvalue weighted by atomic mass is 10.2. The number of thioether (sulfide) groups is 1. The molecule has 0 spiro atoms. The number of anilines is 1. The first-order valence-electron chi connectivity index (χ1n) is 7.01. The zero-order valence-electron chi connectivity index (χ0n) is 12.6. The lowest BCUT2D eigenvalue weighted by Crippen LogP contribution is -2.22. The van der Waals surface area contributed by atoms with Gasteiger partial charge in [0, 0.05) is 5.69 Å². The first-order chi connectivity index (χ1) is 11.7. The number of hydrogen-bond donors (Lipinski definition) is 1. The van der Waals surface area contributed by atoms with E-state index in [0.29, 0.717) is 22.4 Å². The maximum atomic E-state index is 12.2. The number of carbonyl (C=O) groups is 1. The van der Waals surface area contributed by atoms with Gasteiger partial charge in [0.1, 0.15) is 0 Å². The molecule has 0 bridgehead atoms. The molecule has 1 atom stereocenters. The number of rotatable bonds is 5. The van der Waals surface area contributed by atoms with Gasteiger partial charge in [0.2, 0.25) is 5.91 Å². The van der Waals surface area contributed by atoms with Crippen LogP contribution in [0.25, 0.3) is 10.8 Å². The molecular weight excluding hydrogens is 344 g/mol.